The molecule has 2 aromatic rings. The first-order valence-corrected chi connectivity index (χ1v) is 8.01. The van der Waals surface area contributed by atoms with Crippen molar-refractivity contribution in [3.8, 4) is 0 Å². The Hall–Kier alpha value is -1.06. The maximum absolute atomic E-state index is 5.92. The monoisotopic (exact) mass is 333 g/mol. The molecule has 3 atom stereocenters. The highest BCUT2D eigenvalue weighted by atomic mass is 79.9. The molecule has 0 amide bonds. The van der Waals surface area contributed by atoms with Crippen LogP contribution in [-0.2, 0) is 6.54 Å². The summed E-state index contributed by atoms with van der Waals surface area (Å²) >= 11 is 3.60. The van der Waals surface area contributed by atoms with Gasteiger partial charge in [0.15, 0.2) is 0 Å². The third-order valence-corrected chi connectivity index (χ3v) is 4.83. The molecule has 1 aliphatic carbocycles. The maximum Gasteiger partial charge on any atom is 0.117 e. The summed E-state index contributed by atoms with van der Waals surface area (Å²) in [6.07, 6.45) is 1.27. The molecular formula is C17H20BrNO. The van der Waals surface area contributed by atoms with Crippen LogP contribution >= 0.6 is 15.9 Å². The van der Waals surface area contributed by atoms with E-state index in [1.807, 2.05) is 6.07 Å². The van der Waals surface area contributed by atoms with E-state index in [1.165, 1.54) is 12.0 Å². The summed E-state index contributed by atoms with van der Waals surface area (Å²) in [6, 6.07) is 12.8. The van der Waals surface area contributed by atoms with E-state index in [2.05, 4.69) is 65.4 Å². The van der Waals surface area contributed by atoms with Crippen LogP contribution in [-0.4, -0.2) is 0 Å². The van der Waals surface area contributed by atoms with Crippen molar-refractivity contribution >= 4 is 15.9 Å². The van der Waals surface area contributed by atoms with E-state index in [0.717, 1.165) is 28.5 Å². The van der Waals surface area contributed by atoms with Gasteiger partial charge in [0.25, 0.3) is 0 Å². The predicted molar refractivity (Wildman–Crippen MR) is 84.6 cm³/mol. The van der Waals surface area contributed by atoms with Gasteiger partial charge in [-0.1, -0.05) is 41.1 Å². The van der Waals surface area contributed by atoms with Crippen molar-refractivity contribution < 1.29 is 4.42 Å². The van der Waals surface area contributed by atoms with Gasteiger partial charge in [0.1, 0.15) is 11.5 Å². The molecule has 2 nitrogen and oxygen atoms in total. The lowest BCUT2D eigenvalue weighted by molar-refractivity contribution is 0.430. The minimum Gasteiger partial charge on any atom is -0.464 e. The summed E-state index contributed by atoms with van der Waals surface area (Å²) in [7, 11) is 0. The van der Waals surface area contributed by atoms with Gasteiger partial charge in [0, 0.05) is 16.4 Å². The maximum atomic E-state index is 5.92. The molecule has 106 valence electrons. The average Bonchev–Trinajstić information content (AvgIpc) is 3.00. The molecule has 1 fully saturated rings. The van der Waals surface area contributed by atoms with Crippen LogP contribution in [0.2, 0.25) is 0 Å². The topological polar surface area (TPSA) is 25.2 Å². The first-order chi connectivity index (χ1) is 9.65. The van der Waals surface area contributed by atoms with E-state index >= 15 is 0 Å². The van der Waals surface area contributed by atoms with Crippen molar-refractivity contribution in [2.24, 2.45) is 5.92 Å². The van der Waals surface area contributed by atoms with Crippen LogP contribution in [0.1, 0.15) is 49.3 Å². The summed E-state index contributed by atoms with van der Waals surface area (Å²) in [6.45, 7) is 5.22. The van der Waals surface area contributed by atoms with Crippen molar-refractivity contribution in [3.63, 3.8) is 0 Å². The largest absolute Gasteiger partial charge is 0.464 e. The average molecular weight is 334 g/mol. The Kier molecular flexibility index (Phi) is 3.99. The van der Waals surface area contributed by atoms with Crippen molar-refractivity contribution in [2.75, 3.05) is 0 Å². The lowest BCUT2D eigenvalue weighted by Crippen LogP contribution is -2.18. The highest BCUT2D eigenvalue weighted by Gasteiger charge is 2.36. The summed E-state index contributed by atoms with van der Waals surface area (Å²) < 4.78 is 7.07. The minimum absolute atomic E-state index is 0.291. The number of halogens is 1. The molecule has 1 aromatic heterocycles. The first kappa shape index (κ1) is 13.9. The molecule has 0 aliphatic heterocycles. The third kappa shape index (κ3) is 2.99. The summed E-state index contributed by atoms with van der Waals surface area (Å²) in [5.74, 6) is 3.63. The molecular weight excluding hydrogens is 314 g/mol. The van der Waals surface area contributed by atoms with E-state index < -0.39 is 0 Å². The smallest absolute Gasteiger partial charge is 0.117 e. The fourth-order valence-corrected chi connectivity index (χ4v) is 3.23. The lowest BCUT2D eigenvalue weighted by Gasteiger charge is -2.14. The number of furan rings is 1. The molecule has 3 heteroatoms. The Bertz CT molecular complexity index is 592. The summed E-state index contributed by atoms with van der Waals surface area (Å²) in [5.41, 5.74) is 1.27. The molecule has 1 heterocycles. The van der Waals surface area contributed by atoms with Gasteiger partial charge in [-0.15, -0.1) is 0 Å². The van der Waals surface area contributed by atoms with Crippen LogP contribution < -0.4 is 5.32 Å². The van der Waals surface area contributed by atoms with E-state index in [0.29, 0.717) is 12.0 Å². The molecule has 20 heavy (non-hydrogen) atoms. The van der Waals surface area contributed by atoms with Crippen LogP contribution in [0.4, 0.5) is 0 Å². The van der Waals surface area contributed by atoms with Crippen molar-refractivity contribution in [3.05, 3.63) is 58.0 Å². The van der Waals surface area contributed by atoms with Crippen LogP contribution in [0.5, 0.6) is 0 Å². The lowest BCUT2D eigenvalue weighted by atomic mass is 10.1. The minimum atomic E-state index is 0.291. The van der Waals surface area contributed by atoms with Gasteiger partial charge in [0.05, 0.1) is 6.54 Å². The normalized spacial score (nSPS) is 22.8. The van der Waals surface area contributed by atoms with E-state index in [1.54, 1.807) is 0 Å². The number of nitrogens with one attached hydrogen (secondary N) is 1. The Labute approximate surface area is 128 Å². The molecule has 2 unspecified atom stereocenters. The van der Waals surface area contributed by atoms with E-state index in [4.69, 9.17) is 4.42 Å². The van der Waals surface area contributed by atoms with Gasteiger partial charge in [0.2, 0.25) is 0 Å². The number of benzene rings is 1. The number of hydrogen-bond acceptors (Lipinski definition) is 2. The second kappa shape index (κ2) is 5.74. The van der Waals surface area contributed by atoms with Crippen molar-refractivity contribution in [2.45, 2.75) is 38.8 Å². The predicted octanol–water partition coefficient (Wildman–Crippen LogP) is 5.02. The second-order valence-electron chi connectivity index (χ2n) is 5.75. The van der Waals surface area contributed by atoms with Crippen molar-refractivity contribution in [1.29, 1.82) is 0 Å². The molecule has 0 bridgehead atoms. The van der Waals surface area contributed by atoms with E-state index in [-0.39, 0.29) is 0 Å². The molecule has 1 aliphatic rings. The third-order valence-electron chi connectivity index (χ3n) is 4.11. The fraction of sp³-hybridized carbons (Fsp3) is 0.412. The molecule has 1 N–H and O–H groups in total. The first-order valence-electron chi connectivity index (χ1n) is 7.21. The van der Waals surface area contributed by atoms with Gasteiger partial charge in [-0.05, 0) is 43.0 Å². The Morgan fingerprint density at radius 2 is 2.05 bits per heavy atom. The molecule has 0 spiro atoms. The van der Waals surface area contributed by atoms with Gasteiger partial charge in [-0.25, -0.2) is 0 Å². The Balaban J connectivity index is 1.59. The zero-order valence-electron chi connectivity index (χ0n) is 11.9. The van der Waals surface area contributed by atoms with Crippen LogP contribution in [0.3, 0.4) is 0 Å². The highest BCUT2D eigenvalue weighted by Crippen LogP contribution is 2.47. The van der Waals surface area contributed by atoms with Gasteiger partial charge >= 0.3 is 0 Å². The fourth-order valence-electron chi connectivity index (χ4n) is 2.60. The number of rotatable bonds is 5. The summed E-state index contributed by atoms with van der Waals surface area (Å²) in [5, 5.41) is 3.52. The molecule has 1 aromatic carbocycles. The molecule has 3 rings (SSSR count). The SMILES string of the molecule is CC1CC1c1ccc(CN[C@H](C)c2ccccc2Br)o1. The van der Waals surface area contributed by atoms with Gasteiger partial charge < -0.3 is 9.73 Å². The zero-order chi connectivity index (χ0) is 14.1. The summed E-state index contributed by atoms with van der Waals surface area (Å²) in [4.78, 5) is 0. The molecule has 1 saturated carbocycles. The van der Waals surface area contributed by atoms with E-state index in [9.17, 15) is 0 Å². The number of hydrogen-bond donors (Lipinski definition) is 1. The van der Waals surface area contributed by atoms with Crippen LogP contribution in [0.15, 0.2) is 45.3 Å². The molecule has 0 radical (unpaired) electrons. The quantitative estimate of drug-likeness (QED) is 0.831. The highest BCUT2D eigenvalue weighted by molar-refractivity contribution is 9.10. The van der Waals surface area contributed by atoms with Gasteiger partial charge in [-0.2, -0.15) is 0 Å². The van der Waals surface area contributed by atoms with Gasteiger partial charge in [-0.3, -0.25) is 0 Å². The zero-order valence-corrected chi connectivity index (χ0v) is 13.5. The van der Waals surface area contributed by atoms with Crippen molar-refractivity contribution in [1.82, 2.24) is 5.32 Å². The van der Waals surface area contributed by atoms with Crippen LogP contribution in [0.25, 0.3) is 0 Å². The Morgan fingerprint density at radius 1 is 1.30 bits per heavy atom. The Morgan fingerprint density at radius 3 is 2.75 bits per heavy atom. The standard InChI is InChI=1S/C17H20BrNO/c1-11-9-15(11)17-8-7-13(20-17)10-19-12(2)14-5-3-4-6-16(14)18/h3-8,11-12,15,19H,9-10H2,1-2H3/t11?,12-,15?/m1/s1. The molecule has 0 saturated heterocycles. The second-order valence-corrected chi connectivity index (χ2v) is 6.60. The van der Waals surface area contributed by atoms with Crippen LogP contribution in [0, 0.1) is 5.92 Å².